The summed E-state index contributed by atoms with van der Waals surface area (Å²) in [7, 11) is 0. The van der Waals surface area contributed by atoms with Gasteiger partial charge in [0.05, 0.1) is 23.4 Å². The molecule has 0 atom stereocenters. The molecule has 7 aromatic carbocycles. The number of aryl methyl sites for hydroxylation is 2. The Bertz CT molecular complexity index is 3230. The highest BCUT2D eigenvalue weighted by Crippen LogP contribution is 2.42. The van der Waals surface area contributed by atoms with Crippen molar-refractivity contribution in [3.05, 3.63) is 205 Å². The van der Waals surface area contributed by atoms with Gasteiger partial charge in [-0.15, -0.1) is 0 Å². The number of benzene rings is 7. The van der Waals surface area contributed by atoms with Gasteiger partial charge in [0.15, 0.2) is 0 Å². The van der Waals surface area contributed by atoms with E-state index in [4.69, 9.17) is 9.72 Å². The van der Waals surface area contributed by atoms with Crippen LogP contribution in [0.2, 0.25) is 0 Å². The average Bonchev–Trinajstić information content (AvgIpc) is 3.92. The Labute approximate surface area is 383 Å². The van der Waals surface area contributed by atoms with Gasteiger partial charge in [-0.25, -0.2) is 4.98 Å². The van der Waals surface area contributed by atoms with Crippen molar-refractivity contribution >= 4 is 33.2 Å². The van der Waals surface area contributed by atoms with E-state index in [1.165, 1.54) is 61.1 Å². The molecule has 5 nitrogen and oxygen atoms in total. The first-order valence-electron chi connectivity index (χ1n) is 22.7. The third kappa shape index (κ3) is 7.97. The molecule has 0 fully saturated rings. The Balaban J connectivity index is 1.04. The zero-order valence-electron chi connectivity index (χ0n) is 38.7. The highest BCUT2D eigenvalue weighted by molar-refractivity contribution is 6.11. The van der Waals surface area contributed by atoms with Crippen LogP contribution in [0.4, 0.5) is 11.4 Å². The molecule has 1 aliphatic heterocycles. The minimum atomic E-state index is -0.130. The van der Waals surface area contributed by atoms with Crippen LogP contribution in [0, 0.1) is 13.8 Å². The van der Waals surface area contributed by atoms with E-state index < -0.39 is 0 Å². The van der Waals surface area contributed by atoms with E-state index in [1.807, 2.05) is 6.07 Å². The van der Waals surface area contributed by atoms with Crippen molar-refractivity contribution in [2.45, 2.75) is 66.2 Å². The zero-order chi connectivity index (χ0) is 45.0. The van der Waals surface area contributed by atoms with Gasteiger partial charge in [-0.2, -0.15) is 0 Å². The first-order valence-corrected chi connectivity index (χ1v) is 22.7. The number of hydrogen-bond acceptors (Lipinski definition) is 4. The Morgan fingerprint density at radius 1 is 0.508 bits per heavy atom. The number of hydrogen-bond donors (Lipinski definition) is 0. The molecule has 322 valence electrons. The summed E-state index contributed by atoms with van der Waals surface area (Å²) >= 11 is 0. The van der Waals surface area contributed by atoms with Crippen LogP contribution in [0.5, 0.6) is 11.5 Å². The van der Waals surface area contributed by atoms with Crippen molar-refractivity contribution in [1.29, 1.82) is 0 Å². The lowest BCUT2D eigenvalue weighted by molar-refractivity contribution is 0.483. The molecule has 0 aliphatic carbocycles. The second-order valence-corrected chi connectivity index (χ2v) is 19.5. The van der Waals surface area contributed by atoms with Gasteiger partial charge in [0, 0.05) is 58.3 Å². The maximum Gasteiger partial charge on any atom is 0.137 e. The summed E-state index contributed by atoms with van der Waals surface area (Å²) in [6.07, 6.45) is 6.35. The second-order valence-electron chi connectivity index (χ2n) is 19.5. The van der Waals surface area contributed by atoms with Crippen molar-refractivity contribution < 1.29 is 4.74 Å². The molecule has 2 aromatic heterocycles. The summed E-state index contributed by atoms with van der Waals surface area (Å²) in [6.45, 7) is 18.9. The molecule has 10 rings (SSSR count). The van der Waals surface area contributed by atoms with Crippen LogP contribution < -0.4 is 14.5 Å². The fourth-order valence-corrected chi connectivity index (χ4v) is 9.54. The third-order valence-electron chi connectivity index (χ3n) is 12.9. The fraction of sp³-hybridized carbons (Fsp3) is 0.183. The van der Waals surface area contributed by atoms with Crippen LogP contribution in [0.3, 0.4) is 0 Å². The lowest BCUT2D eigenvalue weighted by Gasteiger charge is -2.24. The Hall–Kier alpha value is -7.37. The van der Waals surface area contributed by atoms with Crippen LogP contribution in [0.15, 0.2) is 182 Å². The molecule has 1 aliphatic rings. The monoisotopic (exact) mass is 848 g/mol. The van der Waals surface area contributed by atoms with Gasteiger partial charge in [-0.1, -0.05) is 145 Å². The van der Waals surface area contributed by atoms with E-state index in [0.717, 1.165) is 45.0 Å². The topological polar surface area (TPSA) is 33.5 Å². The molecule has 65 heavy (non-hydrogen) atoms. The maximum absolute atomic E-state index is 6.78. The molecule has 0 bridgehead atoms. The first kappa shape index (κ1) is 41.6. The molecule has 0 amide bonds. The number of fused-ring (bicyclic) bond motifs is 3. The molecule has 0 spiro atoms. The normalized spacial score (nSPS) is 13.0. The van der Waals surface area contributed by atoms with E-state index >= 15 is 0 Å². The van der Waals surface area contributed by atoms with E-state index in [9.17, 15) is 0 Å². The van der Waals surface area contributed by atoms with E-state index in [-0.39, 0.29) is 10.8 Å². The van der Waals surface area contributed by atoms with Crippen molar-refractivity contribution in [2.24, 2.45) is 0 Å². The molecule has 5 heteroatoms. The summed E-state index contributed by atoms with van der Waals surface area (Å²) in [6, 6.07) is 58.6. The summed E-state index contributed by atoms with van der Waals surface area (Å²) in [5.74, 6) is 2.41. The minimum Gasteiger partial charge on any atom is -0.457 e. The predicted molar refractivity (Wildman–Crippen MR) is 274 cm³/mol. The van der Waals surface area contributed by atoms with Gasteiger partial charge in [0.25, 0.3) is 0 Å². The largest absolute Gasteiger partial charge is 0.457 e. The second kappa shape index (κ2) is 16.3. The van der Waals surface area contributed by atoms with Gasteiger partial charge in [-0.05, 0) is 118 Å². The number of nitrogens with zero attached hydrogens (tertiary/aromatic N) is 4. The molecule has 3 heterocycles. The molecule has 0 N–H and O–H groups in total. The van der Waals surface area contributed by atoms with Crippen molar-refractivity contribution in [1.82, 2.24) is 9.55 Å². The highest BCUT2D eigenvalue weighted by atomic mass is 16.5. The van der Waals surface area contributed by atoms with Crippen LogP contribution in [0.1, 0.15) is 63.8 Å². The first-order chi connectivity index (χ1) is 31.3. The molecule has 0 unspecified atom stereocenters. The number of ether oxygens (including phenoxy) is 1. The third-order valence-corrected chi connectivity index (χ3v) is 12.9. The van der Waals surface area contributed by atoms with Gasteiger partial charge >= 0.3 is 0 Å². The molecular weight excluding hydrogens is 793 g/mol. The number of aromatic nitrogens is 2. The Morgan fingerprint density at radius 3 is 1.88 bits per heavy atom. The molecule has 0 saturated carbocycles. The number of para-hydroxylation sites is 1. The standard InChI is InChI=1S/C60H56N4O/c1-40-32-45(59(3,4)5)33-41(2)58(40)44-26-29-55-51(34-44)50-28-27-48(36-56(50)64(55)57-37-53(60(6,7)8)52(38-61-57)43-20-13-10-14-21-43)65-47-23-17-22-46(35-47)62-30-31-63(39-62)54-25-16-15-24-49(54)42-18-11-9-12-19-42/h9-38H,39H2,1-8H3. The lowest BCUT2D eigenvalue weighted by atomic mass is 9.82. The Kier molecular flexibility index (Phi) is 10.5. The molecule has 9 aromatic rings. The number of pyridine rings is 1. The smallest absolute Gasteiger partial charge is 0.137 e. The molecule has 0 saturated heterocycles. The van der Waals surface area contributed by atoms with Crippen molar-refractivity contribution in [2.75, 3.05) is 16.5 Å². The maximum atomic E-state index is 6.78. The van der Waals surface area contributed by atoms with E-state index in [2.05, 4.69) is 246 Å². The van der Waals surface area contributed by atoms with Crippen LogP contribution in [-0.4, -0.2) is 16.2 Å². The highest BCUT2D eigenvalue weighted by Gasteiger charge is 2.24. The van der Waals surface area contributed by atoms with Crippen LogP contribution >= 0.6 is 0 Å². The van der Waals surface area contributed by atoms with Gasteiger partial charge in [-0.3, -0.25) is 4.57 Å². The summed E-state index contributed by atoms with van der Waals surface area (Å²) < 4.78 is 9.10. The molecular formula is C60H56N4O. The van der Waals surface area contributed by atoms with Crippen LogP contribution in [0.25, 0.3) is 61.0 Å². The van der Waals surface area contributed by atoms with Gasteiger partial charge < -0.3 is 14.5 Å². The Morgan fingerprint density at radius 2 is 1.17 bits per heavy atom. The lowest BCUT2D eigenvalue weighted by Crippen LogP contribution is -2.24. The summed E-state index contributed by atoms with van der Waals surface area (Å²) in [4.78, 5) is 9.79. The SMILES string of the molecule is Cc1cc(C(C)(C)C)cc(C)c1-c1ccc2c(c1)c1ccc(Oc3cccc(N4C=CN(c5ccccc5-c5ccccc5)C4)c3)cc1n2-c1cc(C(C)(C)C)c(-c2ccccc2)cn1. The fourth-order valence-electron chi connectivity index (χ4n) is 9.54. The van der Waals surface area contributed by atoms with Crippen molar-refractivity contribution in [3.63, 3.8) is 0 Å². The van der Waals surface area contributed by atoms with Crippen LogP contribution in [-0.2, 0) is 10.8 Å². The predicted octanol–water partition coefficient (Wildman–Crippen LogP) is 15.9. The van der Waals surface area contributed by atoms with Crippen molar-refractivity contribution in [3.8, 4) is 50.7 Å². The number of rotatable bonds is 8. The van der Waals surface area contributed by atoms with E-state index in [0.29, 0.717) is 6.67 Å². The zero-order valence-corrected chi connectivity index (χ0v) is 38.7. The van der Waals surface area contributed by atoms with E-state index in [1.54, 1.807) is 0 Å². The number of anilines is 2. The minimum absolute atomic E-state index is 0.0729. The molecule has 0 radical (unpaired) electrons. The summed E-state index contributed by atoms with van der Waals surface area (Å²) in [5.41, 5.74) is 16.7. The van der Waals surface area contributed by atoms with Gasteiger partial charge in [0.1, 0.15) is 17.3 Å². The summed E-state index contributed by atoms with van der Waals surface area (Å²) in [5, 5.41) is 2.32. The van der Waals surface area contributed by atoms with Gasteiger partial charge in [0.2, 0.25) is 0 Å². The quantitative estimate of drug-likeness (QED) is 0.153. The average molecular weight is 849 g/mol.